The van der Waals surface area contributed by atoms with E-state index < -0.39 is 6.29 Å². The Hall–Kier alpha value is -3.69. The second-order valence-corrected chi connectivity index (χ2v) is 10.9. The van der Waals surface area contributed by atoms with E-state index in [4.69, 9.17) is 9.47 Å². The van der Waals surface area contributed by atoms with Gasteiger partial charge in [-0.3, -0.25) is 0 Å². The van der Waals surface area contributed by atoms with Crippen molar-refractivity contribution < 1.29 is 19.4 Å². The molecule has 4 aromatic rings. The van der Waals surface area contributed by atoms with Crippen LogP contribution < -0.4 is 10.6 Å². The number of nitrogens with one attached hydrogen (secondary N) is 2. The van der Waals surface area contributed by atoms with E-state index in [0.29, 0.717) is 13.1 Å². The van der Waals surface area contributed by atoms with Crippen LogP contribution in [0, 0.1) is 0 Å². The number of aliphatic hydroxyl groups excluding tert-OH is 1. The lowest BCUT2D eigenvalue weighted by molar-refractivity contribution is -0.245. The van der Waals surface area contributed by atoms with E-state index in [1.54, 1.807) is 18.0 Å². The SMILES string of the molecule is CCNC(=O)NCc1cccc(-c2cccc(C3OC(CSc4ccccn4)CC(c4ccc(CO)cc4)O3)c2)c1. The number of carbonyl (C=O) groups is 1. The molecule has 3 N–H and O–H groups in total. The first kappa shape index (κ1) is 28.8. The summed E-state index contributed by atoms with van der Waals surface area (Å²) in [5.41, 5.74) is 5.99. The van der Waals surface area contributed by atoms with E-state index in [2.05, 4.69) is 39.9 Å². The minimum atomic E-state index is -0.539. The topological polar surface area (TPSA) is 92.7 Å². The molecule has 1 aliphatic rings. The molecule has 1 saturated heterocycles. The Balaban J connectivity index is 1.35. The molecule has 1 aliphatic heterocycles. The van der Waals surface area contributed by atoms with Crippen molar-refractivity contribution in [2.24, 2.45) is 0 Å². The average molecular weight is 570 g/mol. The van der Waals surface area contributed by atoms with Crippen molar-refractivity contribution in [3.05, 3.63) is 119 Å². The number of urea groups is 1. The highest BCUT2D eigenvalue weighted by Crippen LogP contribution is 2.40. The van der Waals surface area contributed by atoms with Gasteiger partial charge in [-0.25, -0.2) is 9.78 Å². The Morgan fingerprint density at radius 3 is 2.46 bits per heavy atom. The van der Waals surface area contributed by atoms with Gasteiger partial charge in [-0.15, -0.1) is 11.8 Å². The number of hydrogen-bond acceptors (Lipinski definition) is 6. The highest BCUT2D eigenvalue weighted by Gasteiger charge is 2.32. The number of ether oxygens (including phenoxy) is 2. The molecular formula is C33H35N3O4S. The van der Waals surface area contributed by atoms with Crippen LogP contribution in [0.1, 0.15) is 48.0 Å². The molecule has 3 aromatic carbocycles. The van der Waals surface area contributed by atoms with E-state index in [9.17, 15) is 9.90 Å². The normalized spacial score (nSPS) is 18.5. The molecule has 212 valence electrons. The summed E-state index contributed by atoms with van der Waals surface area (Å²) in [6.45, 7) is 2.93. The van der Waals surface area contributed by atoms with E-state index in [1.165, 1.54) is 0 Å². The van der Waals surface area contributed by atoms with E-state index in [0.717, 1.165) is 50.6 Å². The molecule has 1 fully saturated rings. The Labute approximate surface area is 245 Å². The van der Waals surface area contributed by atoms with Gasteiger partial charge in [-0.05, 0) is 59.0 Å². The predicted octanol–water partition coefficient (Wildman–Crippen LogP) is 6.40. The average Bonchev–Trinajstić information content (AvgIpc) is 3.03. The molecule has 3 unspecified atom stereocenters. The van der Waals surface area contributed by atoms with Gasteiger partial charge in [-0.1, -0.05) is 66.7 Å². The molecule has 0 saturated carbocycles. The summed E-state index contributed by atoms with van der Waals surface area (Å²) in [5.74, 6) is 0.752. The lowest BCUT2D eigenvalue weighted by Gasteiger charge is -2.36. The summed E-state index contributed by atoms with van der Waals surface area (Å²) in [5, 5.41) is 16.1. The van der Waals surface area contributed by atoms with Crippen LogP contribution in [-0.4, -0.2) is 34.5 Å². The van der Waals surface area contributed by atoms with Crippen molar-refractivity contribution in [2.75, 3.05) is 12.3 Å². The number of hydrogen-bond donors (Lipinski definition) is 3. The highest BCUT2D eigenvalue weighted by molar-refractivity contribution is 7.99. The molecule has 8 heteroatoms. The molecule has 41 heavy (non-hydrogen) atoms. The first-order chi connectivity index (χ1) is 20.1. The number of rotatable bonds is 10. The van der Waals surface area contributed by atoms with Gasteiger partial charge in [0.2, 0.25) is 0 Å². The zero-order chi connectivity index (χ0) is 28.4. The molecule has 0 bridgehead atoms. The minimum absolute atomic E-state index is 0.0108. The molecule has 7 nitrogen and oxygen atoms in total. The molecule has 0 spiro atoms. The summed E-state index contributed by atoms with van der Waals surface area (Å²) in [7, 11) is 0. The van der Waals surface area contributed by atoms with Crippen molar-refractivity contribution in [3.63, 3.8) is 0 Å². The van der Waals surface area contributed by atoms with Gasteiger partial charge in [0.25, 0.3) is 0 Å². The summed E-state index contributed by atoms with van der Waals surface area (Å²) >= 11 is 1.68. The Morgan fingerprint density at radius 1 is 0.902 bits per heavy atom. The zero-order valence-electron chi connectivity index (χ0n) is 23.0. The van der Waals surface area contributed by atoms with Crippen molar-refractivity contribution in [1.29, 1.82) is 0 Å². The third kappa shape index (κ3) is 7.95. The summed E-state index contributed by atoms with van der Waals surface area (Å²) in [6, 6.07) is 30.1. The Bertz CT molecular complexity index is 1420. The van der Waals surface area contributed by atoms with Gasteiger partial charge in [0, 0.05) is 37.0 Å². The smallest absolute Gasteiger partial charge is 0.315 e. The van der Waals surface area contributed by atoms with Crippen LogP contribution in [-0.2, 0) is 22.6 Å². The maximum absolute atomic E-state index is 11.8. The first-order valence-electron chi connectivity index (χ1n) is 13.9. The summed E-state index contributed by atoms with van der Waals surface area (Å²) < 4.78 is 13.1. The van der Waals surface area contributed by atoms with Crippen LogP contribution in [0.2, 0.25) is 0 Å². The monoisotopic (exact) mass is 569 g/mol. The van der Waals surface area contributed by atoms with Crippen LogP contribution in [0.5, 0.6) is 0 Å². The zero-order valence-corrected chi connectivity index (χ0v) is 23.8. The lowest BCUT2D eigenvalue weighted by atomic mass is 9.99. The molecule has 0 aliphatic carbocycles. The van der Waals surface area contributed by atoms with E-state index in [1.807, 2.05) is 73.7 Å². The number of thioether (sulfide) groups is 1. The largest absolute Gasteiger partial charge is 0.392 e. The number of pyridine rings is 1. The number of aliphatic hydroxyl groups is 1. The third-order valence-electron chi connectivity index (χ3n) is 6.88. The number of carbonyl (C=O) groups excluding carboxylic acids is 1. The van der Waals surface area contributed by atoms with Gasteiger partial charge in [0.05, 0.1) is 23.8 Å². The van der Waals surface area contributed by atoms with Crippen LogP contribution in [0.25, 0.3) is 11.1 Å². The van der Waals surface area contributed by atoms with E-state index in [-0.39, 0.29) is 24.8 Å². The molecule has 0 radical (unpaired) electrons. The quantitative estimate of drug-likeness (QED) is 0.192. The molecule has 3 atom stereocenters. The van der Waals surface area contributed by atoms with Gasteiger partial charge in [0.1, 0.15) is 0 Å². The molecular weight excluding hydrogens is 534 g/mol. The molecule has 5 rings (SSSR count). The van der Waals surface area contributed by atoms with Crippen LogP contribution in [0.3, 0.4) is 0 Å². The van der Waals surface area contributed by atoms with Gasteiger partial charge in [-0.2, -0.15) is 0 Å². The van der Waals surface area contributed by atoms with Crippen molar-refractivity contribution in [3.8, 4) is 11.1 Å². The Morgan fingerprint density at radius 2 is 1.71 bits per heavy atom. The third-order valence-corrected chi connectivity index (χ3v) is 7.96. The fraction of sp³-hybridized carbons (Fsp3) is 0.273. The van der Waals surface area contributed by atoms with Crippen LogP contribution in [0.4, 0.5) is 4.79 Å². The van der Waals surface area contributed by atoms with Gasteiger partial charge < -0.3 is 25.2 Å². The summed E-state index contributed by atoms with van der Waals surface area (Å²) in [6.07, 6.45) is 1.79. The fourth-order valence-corrected chi connectivity index (χ4v) is 5.65. The summed E-state index contributed by atoms with van der Waals surface area (Å²) in [4.78, 5) is 16.3. The van der Waals surface area contributed by atoms with Crippen molar-refractivity contribution in [1.82, 2.24) is 15.6 Å². The van der Waals surface area contributed by atoms with Crippen molar-refractivity contribution >= 4 is 17.8 Å². The standard InChI is InChI=1S/C33H35N3O4S/c1-2-34-33(38)36-20-24-7-5-8-26(17-24)27-9-6-10-28(18-27)32-39-29(22-41-31-11-3-4-16-35-31)19-30(40-32)25-14-12-23(21-37)13-15-25/h3-18,29-30,32,37H,2,19-22H2,1H3,(H2,34,36,38). The first-order valence-corrected chi connectivity index (χ1v) is 14.8. The number of aromatic nitrogens is 1. The Kier molecular flexibility index (Phi) is 10.0. The maximum atomic E-state index is 11.8. The van der Waals surface area contributed by atoms with Gasteiger partial charge >= 0.3 is 6.03 Å². The van der Waals surface area contributed by atoms with E-state index >= 15 is 0 Å². The predicted molar refractivity (Wildman–Crippen MR) is 161 cm³/mol. The minimum Gasteiger partial charge on any atom is -0.392 e. The number of nitrogens with zero attached hydrogens (tertiary/aromatic N) is 1. The molecule has 2 heterocycles. The molecule has 1 aromatic heterocycles. The second kappa shape index (κ2) is 14.3. The highest BCUT2D eigenvalue weighted by atomic mass is 32.2. The lowest BCUT2D eigenvalue weighted by Crippen LogP contribution is -2.34. The van der Waals surface area contributed by atoms with Crippen LogP contribution in [0.15, 0.2) is 102 Å². The number of benzene rings is 3. The van der Waals surface area contributed by atoms with Crippen molar-refractivity contribution in [2.45, 2.75) is 50.0 Å². The second-order valence-electron chi connectivity index (χ2n) is 9.87. The van der Waals surface area contributed by atoms with Gasteiger partial charge in [0.15, 0.2) is 6.29 Å². The fourth-order valence-electron chi connectivity index (χ4n) is 4.76. The molecule has 2 amide bonds. The van der Waals surface area contributed by atoms with Crippen LogP contribution >= 0.6 is 11.8 Å². The maximum Gasteiger partial charge on any atom is 0.315 e. The number of amides is 2.